The van der Waals surface area contributed by atoms with Gasteiger partial charge in [0.05, 0.1) is 11.4 Å². The Bertz CT molecular complexity index is 906. The zero-order valence-corrected chi connectivity index (χ0v) is 21.4. The molecule has 10 nitrogen and oxygen atoms in total. The van der Waals surface area contributed by atoms with Gasteiger partial charge in [0.15, 0.2) is 20.2 Å². The molecule has 1 aliphatic rings. The molecule has 2 rings (SSSR count). The maximum atomic E-state index is 10.7. The van der Waals surface area contributed by atoms with Crippen LogP contribution in [0.25, 0.3) is 0 Å². The molecule has 1 aromatic rings. The van der Waals surface area contributed by atoms with Crippen LogP contribution in [-0.2, 0) is 50.4 Å². The molecule has 1 aliphatic heterocycles. The quantitative estimate of drug-likeness (QED) is 0.183. The molecule has 2 bridgehead atoms. The number of nitrogens with zero attached hydrogens (tertiary/aromatic N) is 4. The van der Waals surface area contributed by atoms with E-state index >= 15 is 0 Å². The number of hydrogen-bond donors (Lipinski definition) is 0. The Morgan fingerprint density at radius 2 is 0.971 bits per heavy atom. The third-order valence-electron chi connectivity index (χ3n) is 4.02. The van der Waals surface area contributed by atoms with Crippen molar-refractivity contribution in [2.45, 2.75) is 24.1 Å². The van der Waals surface area contributed by atoms with E-state index in [1.54, 1.807) is 0 Å². The molecule has 203 valence electrons. The minimum Gasteiger partial charge on any atom is -0.741 e. The van der Waals surface area contributed by atoms with E-state index in [0.717, 1.165) is 39.3 Å². The number of fused-ring (bicyclic) bond motifs is 2. The van der Waals surface area contributed by atoms with Crippen LogP contribution in [0, 0.1) is 0 Å². The van der Waals surface area contributed by atoms with E-state index in [-0.39, 0.29) is 17.1 Å². The third kappa shape index (κ3) is 15.6. The van der Waals surface area contributed by atoms with Gasteiger partial charge in [0, 0.05) is 39.3 Å². The number of alkyl halides is 6. The molecule has 0 N–H and O–H groups in total. The molecule has 1 aromatic heterocycles. The summed E-state index contributed by atoms with van der Waals surface area (Å²) in [6.07, 6.45) is 0. The van der Waals surface area contributed by atoms with Gasteiger partial charge in [-0.05, 0) is 33.3 Å². The van der Waals surface area contributed by atoms with Crippen molar-refractivity contribution in [1.82, 2.24) is 19.7 Å². The Hall–Kier alpha value is -1.05. The van der Waals surface area contributed by atoms with Crippen LogP contribution in [0.2, 0.25) is 0 Å². The first-order valence-electron chi connectivity index (χ1n) is 9.18. The standard InChI is InChI=1S/C14H24N4.2CHF3O3S.Fe/c1-16-7-9-17(2)11-13-5-4-6-14(15-13)12-18(3)10-8-16;2*2-1(3,4)8(5,6)7;/h4-6H,7-12H2,1-3H3;2*(H,5,6,7);/q;;;+5/p-2. The van der Waals surface area contributed by atoms with Gasteiger partial charge in [-0.25, -0.2) is 16.8 Å². The summed E-state index contributed by atoms with van der Waals surface area (Å²) in [6, 6.07) is 6.36. The first kappa shape index (κ1) is 36.1. The summed E-state index contributed by atoms with van der Waals surface area (Å²) in [5, 5.41) is 0. The van der Waals surface area contributed by atoms with Crippen molar-refractivity contribution >= 4 is 20.2 Å². The van der Waals surface area contributed by atoms with Gasteiger partial charge in [0.1, 0.15) is 0 Å². The van der Waals surface area contributed by atoms with Crippen LogP contribution in [0.3, 0.4) is 0 Å². The summed E-state index contributed by atoms with van der Waals surface area (Å²) >= 11 is 0. The summed E-state index contributed by atoms with van der Waals surface area (Å²) in [6.45, 7) is 6.28. The van der Waals surface area contributed by atoms with E-state index in [0.29, 0.717) is 0 Å². The minimum atomic E-state index is -6.09. The molecule has 0 atom stereocenters. The van der Waals surface area contributed by atoms with E-state index in [9.17, 15) is 26.3 Å². The molecule has 0 aromatic carbocycles. The number of aromatic nitrogens is 1. The molecule has 1 radical (unpaired) electrons. The van der Waals surface area contributed by atoms with Gasteiger partial charge in [0.2, 0.25) is 0 Å². The molecular weight excluding hydrogens is 578 g/mol. The molecule has 0 saturated heterocycles. The topological polar surface area (TPSA) is 137 Å². The van der Waals surface area contributed by atoms with E-state index in [1.165, 1.54) is 11.4 Å². The molecule has 2 heterocycles. The predicted octanol–water partition coefficient (Wildman–Crippen LogP) is 0.991. The van der Waals surface area contributed by atoms with Crippen molar-refractivity contribution in [3.05, 3.63) is 29.6 Å². The van der Waals surface area contributed by atoms with Crippen molar-refractivity contribution < 1.29 is 69.4 Å². The van der Waals surface area contributed by atoms with Gasteiger partial charge in [-0.3, -0.25) is 14.8 Å². The number of likely N-dealkylation sites (N-methyl/N-ethyl adjacent to an activating group) is 3. The fourth-order valence-electron chi connectivity index (χ4n) is 2.21. The fraction of sp³-hybridized carbons (Fsp3) is 0.688. The van der Waals surface area contributed by atoms with Gasteiger partial charge < -0.3 is 14.0 Å². The van der Waals surface area contributed by atoms with Gasteiger partial charge in [-0.15, -0.1) is 0 Å². The largest absolute Gasteiger partial charge is 5.00 e. The molecule has 19 heteroatoms. The van der Waals surface area contributed by atoms with Gasteiger partial charge in [-0.1, -0.05) is 6.07 Å². The molecule has 35 heavy (non-hydrogen) atoms. The second-order valence-corrected chi connectivity index (χ2v) is 9.94. The van der Waals surface area contributed by atoms with E-state index in [1.807, 2.05) is 0 Å². The summed E-state index contributed by atoms with van der Waals surface area (Å²) < 4.78 is 118. The van der Waals surface area contributed by atoms with E-state index in [2.05, 4.69) is 54.0 Å². The number of rotatable bonds is 0. The van der Waals surface area contributed by atoms with Gasteiger partial charge >= 0.3 is 28.1 Å². The second kappa shape index (κ2) is 14.6. The minimum absolute atomic E-state index is 0. The number of pyridine rings is 1. The van der Waals surface area contributed by atoms with Crippen LogP contribution in [0.1, 0.15) is 11.4 Å². The maximum absolute atomic E-state index is 10.7. The molecule has 0 fully saturated rings. The normalized spacial score (nSPS) is 17.3. The van der Waals surface area contributed by atoms with Gasteiger partial charge in [-0.2, -0.15) is 26.3 Å². The molecule has 0 aliphatic carbocycles. The van der Waals surface area contributed by atoms with Crippen LogP contribution in [0.4, 0.5) is 26.3 Å². The van der Waals surface area contributed by atoms with Crippen LogP contribution >= 0.6 is 0 Å². The van der Waals surface area contributed by atoms with Crippen molar-refractivity contribution in [2.24, 2.45) is 0 Å². The first-order valence-corrected chi connectivity index (χ1v) is 12.0. The van der Waals surface area contributed by atoms with E-state index in [4.69, 9.17) is 30.9 Å². The zero-order valence-electron chi connectivity index (χ0n) is 18.7. The van der Waals surface area contributed by atoms with Crippen molar-refractivity contribution in [2.75, 3.05) is 47.3 Å². The fourth-order valence-corrected chi connectivity index (χ4v) is 2.21. The Morgan fingerprint density at radius 3 is 1.23 bits per heavy atom. The molecule has 0 saturated carbocycles. The Labute approximate surface area is 210 Å². The molecule has 0 unspecified atom stereocenters. The van der Waals surface area contributed by atoms with Gasteiger partial charge in [0.25, 0.3) is 0 Å². The van der Waals surface area contributed by atoms with Crippen molar-refractivity contribution in [3.63, 3.8) is 0 Å². The summed E-state index contributed by atoms with van der Waals surface area (Å²) in [4.78, 5) is 11.8. The Kier molecular flexibility index (Phi) is 15.1. The average Bonchev–Trinajstić information content (AvgIpc) is 2.62. The first-order chi connectivity index (χ1) is 15.1. The number of halogens is 6. The Morgan fingerprint density at radius 1 is 0.714 bits per heavy atom. The van der Waals surface area contributed by atoms with Crippen molar-refractivity contribution in [1.29, 1.82) is 0 Å². The molecule has 0 amide bonds. The van der Waals surface area contributed by atoms with Crippen LogP contribution in [-0.4, -0.2) is 104 Å². The average molecular weight is 602 g/mol. The monoisotopic (exact) mass is 602 g/mol. The predicted molar refractivity (Wildman–Crippen MR) is 106 cm³/mol. The zero-order chi connectivity index (χ0) is 27.0. The second-order valence-electron chi connectivity index (χ2n) is 7.20. The smallest absolute Gasteiger partial charge is 0.741 e. The summed E-state index contributed by atoms with van der Waals surface area (Å²) in [7, 11) is -5.65. The number of hydrogen-bond acceptors (Lipinski definition) is 10. The Balaban J connectivity index is 0. The summed E-state index contributed by atoms with van der Waals surface area (Å²) in [5.74, 6) is 0. The van der Waals surface area contributed by atoms with Crippen LogP contribution < -0.4 is 0 Å². The SMILES string of the molecule is CN1CCN(C)Cc2cccc(n2)CN(C)CC1.O=S(=O)([O-])C(F)(F)F.O=S(=O)([O-])C(F)(F)F.[Fe+5]. The van der Waals surface area contributed by atoms with E-state index < -0.39 is 31.3 Å². The molecule has 0 spiro atoms. The van der Waals surface area contributed by atoms with Crippen LogP contribution in [0.15, 0.2) is 18.2 Å². The maximum Gasteiger partial charge on any atom is 5.00 e. The third-order valence-corrected chi connectivity index (χ3v) is 5.16. The molecular formula is C16H24F6FeN4O6S2+3. The van der Waals surface area contributed by atoms with Crippen LogP contribution in [0.5, 0.6) is 0 Å². The van der Waals surface area contributed by atoms with Crippen molar-refractivity contribution in [3.8, 4) is 0 Å². The summed E-state index contributed by atoms with van der Waals surface area (Å²) in [5.41, 5.74) is -8.95.